The summed E-state index contributed by atoms with van der Waals surface area (Å²) < 4.78 is 29.3. The molecule has 0 aliphatic rings. The molecule has 0 bridgehead atoms. The lowest BCUT2D eigenvalue weighted by Gasteiger charge is -2.07. The van der Waals surface area contributed by atoms with Crippen LogP contribution in [0.2, 0.25) is 0 Å². The summed E-state index contributed by atoms with van der Waals surface area (Å²) >= 11 is 5.47. The average Bonchev–Trinajstić information content (AvgIpc) is 2.55. The van der Waals surface area contributed by atoms with Gasteiger partial charge in [-0.25, -0.2) is 13.6 Å². The molecule has 1 N–H and O–H groups in total. The molecule has 1 heterocycles. The van der Waals surface area contributed by atoms with Crippen molar-refractivity contribution in [2.45, 2.75) is 11.8 Å². The van der Waals surface area contributed by atoms with Crippen LogP contribution in [0.25, 0.3) is 11.1 Å². The van der Waals surface area contributed by atoms with Crippen LogP contribution in [0.3, 0.4) is 0 Å². The Kier molecular flexibility index (Phi) is 2.48. The normalized spacial score (nSPS) is 13.6. The monoisotopic (exact) mass is 233 g/mol. The maximum atomic E-state index is 12.3. The number of aromatic nitrogens is 1. The number of aromatic amines is 1. The number of halogens is 3. The molecule has 80 valence electrons. The molecule has 0 saturated heterocycles. The molecule has 2 rings (SSSR count). The fourth-order valence-corrected chi connectivity index (χ4v) is 1.41. The average molecular weight is 234 g/mol. The van der Waals surface area contributed by atoms with Crippen LogP contribution in [-0.2, 0) is 0 Å². The Labute approximate surface area is 87.7 Å². The van der Waals surface area contributed by atoms with Crippen molar-refractivity contribution in [3.05, 3.63) is 34.3 Å². The van der Waals surface area contributed by atoms with Crippen molar-refractivity contribution in [1.29, 1.82) is 0 Å². The van der Waals surface area contributed by atoms with Crippen LogP contribution in [-0.4, -0.2) is 11.4 Å². The third-order valence-electron chi connectivity index (χ3n) is 1.98. The van der Waals surface area contributed by atoms with Gasteiger partial charge in [-0.15, -0.1) is 11.6 Å². The number of benzene rings is 1. The van der Waals surface area contributed by atoms with Gasteiger partial charge in [-0.3, -0.25) is 4.98 Å². The smallest absolute Gasteiger partial charge is 0.408 e. The Hall–Kier alpha value is -1.36. The van der Waals surface area contributed by atoms with Gasteiger partial charge in [0, 0.05) is 0 Å². The van der Waals surface area contributed by atoms with E-state index in [0.29, 0.717) is 5.52 Å². The minimum absolute atomic E-state index is 0.224. The molecule has 1 aromatic carbocycles. The van der Waals surface area contributed by atoms with Gasteiger partial charge < -0.3 is 4.42 Å². The fourth-order valence-electron chi connectivity index (χ4n) is 1.28. The van der Waals surface area contributed by atoms with Crippen molar-refractivity contribution >= 4 is 22.7 Å². The second-order valence-electron chi connectivity index (χ2n) is 3.01. The number of hydrogen-bond acceptors (Lipinski definition) is 2. The number of nitrogens with one attached hydrogen (secondary N) is 1. The number of alkyl halides is 3. The number of oxazole rings is 1. The van der Waals surface area contributed by atoms with Crippen molar-refractivity contribution in [2.24, 2.45) is 0 Å². The zero-order chi connectivity index (χ0) is 11.0. The van der Waals surface area contributed by atoms with E-state index in [4.69, 9.17) is 16.0 Å². The van der Waals surface area contributed by atoms with Crippen molar-refractivity contribution in [3.8, 4) is 0 Å². The zero-order valence-corrected chi connectivity index (χ0v) is 8.09. The highest BCUT2D eigenvalue weighted by atomic mass is 35.5. The number of rotatable bonds is 2. The summed E-state index contributed by atoms with van der Waals surface area (Å²) in [7, 11) is 0. The molecule has 0 radical (unpaired) electrons. The van der Waals surface area contributed by atoms with E-state index in [2.05, 4.69) is 4.98 Å². The predicted molar refractivity (Wildman–Crippen MR) is 51.4 cm³/mol. The summed E-state index contributed by atoms with van der Waals surface area (Å²) in [5, 5.41) is -1.39. The Bertz CT molecular complexity index is 534. The summed E-state index contributed by atoms with van der Waals surface area (Å²) in [5.74, 6) is -0.620. The molecular weight excluding hydrogens is 228 g/mol. The molecule has 6 heteroatoms. The third-order valence-corrected chi connectivity index (χ3v) is 2.43. The summed E-state index contributed by atoms with van der Waals surface area (Å²) in [5.41, 5.74) is 0.910. The Morgan fingerprint density at radius 1 is 1.40 bits per heavy atom. The van der Waals surface area contributed by atoms with E-state index in [1.807, 2.05) is 0 Å². The maximum Gasteiger partial charge on any atom is 0.417 e. The first-order valence-corrected chi connectivity index (χ1v) is 4.56. The quantitative estimate of drug-likeness (QED) is 0.811. The first-order chi connectivity index (χ1) is 7.08. The number of hydrogen-bond donors (Lipinski definition) is 1. The SMILES string of the molecule is O=c1[nH]c2ccc(C(Cl)C(F)F)cc2o1. The second-order valence-corrected chi connectivity index (χ2v) is 3.48. The zero-order valence-electron chi connectivity index (χ0n) is 7.34. The lowest BCUT2D eigenvalue weighted by atomic mass is 10.1. The van der Waals surface area contributed by atoms with Gasteiger partial charge in [-0.1, -0.05) is 6.07 Å². The molecule has 0 fully saturated rings. The molecule has 1 aromatic heterocycles. The summed E-state index contributed by atoms with van der Waals surface area (Å²) in [6.45, 7) is 0. The van der Waals surface area contributed by atoms with E-state index in [0.717, 1.165) is 0 Å². The van der Waals surface area contributed by atoms with Gasteiger partial charge in [0.15, 0.2) is 5.58 Å². The van der Waals surface area contributed by atoms with Crippen LogP contribution in [0.4, 0.5) is 8.78 Å². The first-order valence-electron chi connectivity index (χ1n) is 4.13. The predicted octanol–water partition coefficient (Wildman–Crippen LogP) is 2.67. The third kappa shape index (κ3) is 1.87. The first kappa shape index (κ1) is 10.2. The highest BCUT2D eigenvalue weighted by Crippen LogP contribution is 2.28. The van der Waals surface area contributed by atoms with Crippen LogP contribution in [0.15, 0.2) is 27.4 Å². The topological polar surface area (TPSA) is 46.0 Å². The molecule has 3 nitrogen and oxygen atoms in total. The van der Waals surface area contributed by atoms with Crippen LogP contribution < -0.4 is 5.76 Å². The standard InChI is InChI=1S/C9H6ClF2NO2/c10-7(8(11)12)4-1-2-5-6(3-4)15-9(14)13-5/h1-3,7-8H,(H,13,14). The minimum atomic E-state index is -2.66. The highest BCUT2D eigenvalue weighted by molar-refractivity contribution is 6.21. The van der Waals surface area contributed by atoms with Crippen molar-refractivity contribution in [3.63, 3.8) is 0 Å². The van der Waals surface area contributed by atoms with E-state index >= 15 is 0 Å². The van der Waals surface area contributed by atoms with E-state index in [-0.39, 0.29) is 11.1 Å². The van der Waals surface area contributed by atoms with Gasteiger partial charge in [-0.2, -0.15) is 0 Å². The molecule has 1 atom stereocenters. The van der Waals surface area contributed by atoms with Gasteiger partial charge in [0.1, 0.15) is 5.38 Å². The molecule has 0 saturated carbocycles. The highest BCUT2D eigenvalue weighted by Gasteiger charge is 2.20. The van der Waals surface area contributed by atoms with Gasteiger partial charge in [0.05, 0.1) is 5.52 Å². The molecule has 2 aromatic rings. The van der Waals surface area contributed by atoms with Crippen molar-refractivity contribution in [1.82, 2.24) is 4.98 Å². The van der Waals surface area contributed by atoms with Gasteiger partial charge >= 0.3 is 5.76 Å². The lowest BCUT2D eigenvalue weighted by molar-refractivity contribution is 0.143. The molecule has 0 spiro atoms. The van der Waals surface area contributed by atoms with Crippen molar-refractivity contribution in [2.75, 3.05) is 0 Å². The van der Waals surface area contributed by atoms with Crippen LogP contribution in [0.5, 0.6) is 0 Å². The number of H-pyrrole nitrogens is 1. The van der Waals surface area contributed by atoms with Crippen LogP contribution in [0, 0.1) is 0 Å². The molecule has 1 unspecified atom stereocenters. The number of fused-ring (bicyclic) bond motifs is 1. The Balaban J connectivity index is 2.50. The van der Waals surface area contributed by atoms with Crippen LogP contribution in [0.1, 0.15) is 10.9 Å². The van der Waals surface area contributed by atoms with E-state index < -0.39 is 17.6 Å². The molecule has 15 heavy (non-hydrogen) atoms. The molecule has 0 amide bonds. The molecular formula is C9H6ClF2NO2. The van der Waals surface area contributed by atoms with Crippen molar-refractivity contribution < 1.29 is 13.2 Å². The van der Waals surface area contributed by atoms with E-state index in [9.17, 15) is 13.6 Å². The van der Waals surface area contributed by atoms with Crippen LogP contribution >= 0.6 is 11.6 Å². The van der Waals surface area contributed by atoms with Gasteiger partial charge in [0.25, 0.3) is 6.43 Å². The summed E-state index contributed by atoms with van der Waals surface area (Å²) in [4.78, 5) is 13.2. The fraction of sp³-hybridized carbons (Fsp3) is 0.222. The Morgan fingerprint density at radius 3 is 2.80 bits per heavy atom. The van der Waals surface area contributed by atoms with Gasteiger partial charge in [0.2, 0.25) is 0 Å². The summed E-state index contributed by atoms with van der Waals surface area (Å²) in [6, 6.07) is 4.24. The minimum Gasteiger partial charge on any atom is -0.408 e. The summed E-state index contributed by atoms with van der Waals surface area (Å²) in [6.07, 6.45) is -2.66. The lowest BCUT2D eigenvalue weighted by Crippen LogP contribution is -2.01. The largest absolute Gasteiger partial charge is 0.417 e. The maximum absolute atomic E-state index is 12.3. The molecule has 0 aliphatic carbocycles. The van der Waals surface area contributed by atoms with E-state index in [1.54, 1.807) is 0 Å². The van der Waals surface area contributed by atoms with E-state index in [1.165, 1.54) is 18.2 Å². The molecule has 0 aliphatic heterocycles. The second kappa shape index (κ2) is 3.66. The Morgan fingerprint density at radius 2 is 2.13 bits per heavy atom. The van der Waals surface area contributed by atoms with Gasteiger partial charge in [-0.05, 0) is 17.7 Å².